The van der Waals surface area contributed by atoms with Crippen molar-refractivity contribution in [1.82, 2.24) is 0 Å². The fourth-order valence-corrected chi connectivity index (χ4v) is 2.69. The average Bonchev–Trinajstić information content (AvgIpc) is 2.67. The van der Waals surface area contributed by atoms with Crippen LogP contribution >= 0.6 is 0 Å². The van der Waals surface area contributed by atoms with Crippen LogP contribution in [-0.2, 0) is 9.59 Å². The van der Waals surface area contributed by atoms with E-state index in [1.165, 1.54) is 0 Å². The van der Waals surface area contributed by atoms with Gasteiger partial charge in [-0.15, -0.1) is 0 Å². The highest BCUT2D eigenvalue weighted by atomic mass is 16.5. The van der Waals surface area contributed by atoms with Gasteiger partial charge in [0.25, 0.3) is 0 Å². The quantitative estimate of drug-likeness (QED) is 0.306. The van der Waals surface area contributed by atoms with Gasteiger partial charge >= 0.3 is 11.9 Å². The number of allylic oxidation sites excluding steroid dienone is 2. The molecule has 0 amide bonds. The SMILES string of the molecule is C=C(C)C(=O)Oc1ccc(-c2ccc(OC(=O)C(=C)C)c(C(=C)C)c2)c(C(=C)C)c1. The molecule has 0 bridgehead atoms. The molecule has 0 saturated carbocycles. The molecule has 2 aromatic rings. The minimum absolute atomic E-state index is 0.316. The first kappa shape index (κ1) is 22.6. The van der Waals surface area contributed by atoms with E-state index >= 15 is 0 Å². The molecule has 4 nitrogen and oxygen atoms in total. The van der Waals surface area contributed by atoms with E-state index in [1.54, 1.807) is 32.0 Å². The van der Waals surface area contributed by atoms with Crippen molar-refractivity contribution in [2.24, 2.45) is 0 Å². The first-order valence-electron chi connectivity index (χ1n) is 9.37. The number of carbonyl (C=O) groups is 2. The van der Waals surface area contributed by atoms with Crippen molar-refractivity contribution in [3.8, 4) is 22.6 Å². The summed E-state index contributed by atoms with van der Waals surface area (Å²) in [6.07, 6.45) is 0. The Morgan fingerprint density at radius 2 is 1.27 bits per heavy atom. The first-order valence-corrected chi connectivity index (χ1v) is 9.37. The zero-order chi connectivity index (χ0) is 22.6. The normalized spacial score (nSPS) is 10.1. The second-order valence-corrected chi connectivity index (χ2v) is 7.32. The maximum absolute atomic E-state index is 11.9. The number of esters is 2. The van der Waals surface area contributed by atoms with Crippen LogP contribution in [0.4, 0.5) is 0 Å². The van der Waals surface area contributed by atoms with Gasteiger partial charge in [0.2, 0.25) is 0 Å². The molecular formula is C26H26O4. The van der Waals surface area contributed by atoms with Gasteiger partial charge in [0.1, 0.15) is 11.5 Å². The molecule has 0 unspecified atom stereocenters. The predicted molar refractivity (Wildman–Crippen MR) is 122 cm³/mol. The zero-order valence-corrected chi connectivity index (χ0v) is 17.9. The fourth-order valence-electron chi connectivity index (χ4n) is 2.69. The molecule has 0 N–H and O–H groups in total. The number of rotatable bonds is 7. The van der Waals surface area contributed by atoms with Crippen molar-refractivity contribution < 1.29 is 19.1 Å². The van der Waals surface area contributed by atoms with Crippen molar-refractivity contribution in [3.05, 3.63) is 85.0 Å². The van der Waals surface area contributed by atoms with Crippen molar-refractivity contribution in [2.45, 2.75) is 27.7 Å². The van der Waals surface area contributed by atoms with Gasteiger partial charge in [-0.3, -0.25) is 0 Å². The second kappa shape index (κ2) is 9.23. The lowest BCUT2D eigenvalue weighted by Crippen LogP contribution is -2.09. The van der Waals surface area contributed by atoms with Crippen LogP contribution in [0, 0.1) is 0 Å². The van der Waals surface area contributed by atoms with Gasteiger partial charge in [-0.25, -0.2) is 9.59 Å². The Balaban J connectivity index is 2.53. The lowest BCUT2D eigenvalue weighted by Gasteiger charge is -2.16. The van der Waals surface area contributed by atoms with E-state index in [-0.39, 0.29) is 0 Å². The van der Waals surface area contributed by atoms with Gasteiger partial charge in [0.15, 0.2) is 0 Å². The van der Waals surface area contributed by atoms with Crippen LogP contribution in [0.15, 0.2) is 73.9 Å². The molecule has 0 heterocycles. The third-order valence-corrected chi connectivity index (χ3v) is 4.31. The maximum atomic E-state index is 11.9. The highest BCUT2D eigenvalue weighted by Crippen LogP contribution is 2.36. The molecule has 0 atom stereocenters. The Bertz CT molecular complexity index is 1090. The lowest BCUT2D eigenvalue weighted by molar-refractivity contribution is -0.130. The van der Waals surface area contributed by atoms with Crippen LogP contribution in [0.25, 0.3) is 22.3 Å². The molecule has 2 rings (SSSR count). The fraction of sp³-hybridized carbons (Fsp3) is 0.154. The average molecular weight is 402 g/mol. The molecule has 0 saturated heterocycles. The number of carbonyl (C=O) groups excluding carboxylic acids is 2. The Morgan fingerprint density at radius 3 is 1.80 bits per heavy atom. The minimum Gasteiger partial charge on any atom is -0.423 e. The van der Waals surface area contributed by atoms with E-state index in [4.69, 9.17) is 9.47 Å². The Hall–Kier alpha value is -3.66. The maximum Gasteiger partial charge on any atom is 0.338 e. The molecule has 0 radical (unpaired) electrons. The van der Waals surface area contributed by atoms with E-state index in [1.807, 2.05) is 32.0 Å². The summed E-state index contributed by atoms with van der Waals surface area (Å²) in [6.45, 7) is 22.2. The van der Waals surface area contributed by atoms with Gasteiger partial charge in [-0.1, -0.05) is 44.0 Å². The second-order valence-electron chi connectivity index (χ2n) is 7.32. The van der Waals surface area contributed by atoms with Gasteiger partial charge in [0, 0.05) is 16.7 Å². The van der Waals surface area contributed by atoms with E-state index in [0.717, 1.165) is 27.8 Å². The first-order chi connectivity index (χ1) is 14.0. The standard InChI is InChI=1S/C26H26O4/c1-15(2)22-14-20(29-25(27)17(5)6)10-11-21(22)19-9-12-24(23(13-19)16(3)4)30-26(28)18(7)8/h9-14H,1,3,5,7H2,2,4,6,8H3. The summed E-state index contributed by atoms with van der Waals surface area (Å²) in [6, 6.07) is 10.9. The number of ether oxygens (including phenoxy) is 2. The molecule has 0 aliphatic carbocycles. The molecule has 0 spiro atoms. The van der Waals surface area contributed by atoms with Crippen molar-refractivity contribution in [1.29, 1.82) is 0 Å². The summed E-state index contributed by atoms with van der Waals surface area (Å²) in [7, 11) is 0. The van der Waals surface area contributed by atoms with Crippen LogP contribution in [0.5, 0.6) is 11.5 Å². The highest BCUT2D eigenvalue weighted by Gasteiger charge is 2.15. The Labute approximate surface area is 177 Å². The number of hydrogen-bond donors (Lipinski definition) is 0. The summed E-state index contributed by atoms with van der Waals surface area (Å²) in [5.41, 5.74) is 5.54. The molecule has 0 aliphatic heterocycles. The summed E-state index contributed by atoms with van der Waals surface area (Å²) in [5, 5.41) is 0. The van der Waals surface area contributed by atoms with Crippen LogP contribution in [0.1, 0.15) is 38.8 Å². The van der Waals surface area contributed by atoms with E-state index < -0.39 is 11.9 Å². The third-order valence-electron chi connectivity index (χ3n) is 4.31. The van der Waals surface area contributed by atoms with E-state index in [0.29, 0.717) is 28.2 Å². The van der Waals surface area contributed by atoms with Gasteiger partial charge < -0.3 is 9.47 Å². The molecule has 0 aromatic heterocycles. The van der Waals surface area contributed by atoms with Gasteiger partial charge in [-0.05, 0) is 74.2 Å². The number of benzene rings is 2. The van der Waals surface area contributed by atoms with Crippen LogP contribution in [0.3, 0.4) is 0 Å². The summed E-state index contributed by atoms with van der Waals surface area (Å²) >= 11 is 0. The van der Waals surface area contributed by atoms with Gasteiger partial charge in [-0.2, -0.15) is 0 Å². The monoisotopic (exact) mass is 402 g/mol. The molecule has 0 fully saturated rings. The Morgan fingerprint density at radius 1 is 0.700 bits per heavy atom. The molecule has 154 valence electrons. The van der Waals surface area contributed by atoms with Crippen LogP contribution in [-0.4, -0.2) is 11.9 Å². The number of hydrogen-bond acceptors (Lipinski definition) is 4. The van der Waals surface area contributed by atoms with Crippen molar-refractivity contribution >= 4 is 23.1 Å². The largest absolute Gasteiger partial charge is 0.423 e. The van der Waals surface area contributed by atoms with Crippen molar-refractivity contribution in [3.63, 3.8) is 0 Å². The molecule has 30 heavy (non-hydrogen) atoms. The summed E-state index contributed by atoms with van der Waals surface area (Å²) in [4.78, 5) is 23.8. The van der Waals surface area contributed by atoms with Crippen LogP contribution in [0.2, 0.25) is 0 Å². The zero-order valence-electron chi connectivity index (χ0n) is 17.9. The van der Waals surface area contributed by atoms with E-state index in [2.05, 4.69) is 26.3 Å². The van der Waals surface area contributed by atoms with E-state index in [9.17, 15) is 9.59 Å². The smallest absolute Gasteiger partial charge is 0.338 e. The summed E-state index contributed by atoms with van der Waals surface area (Å²) in [5.74, 6) is -0.139. The molecule has 4 heteroatoms. The minimum atomic E-state index is -0.489. The van der Waals surface area contributed by atoms with Crippen LogP contribution < -0.4 is 9.47 Å². The lowest BCUT2D eigenvalue weighted by atomic mass is 9.93. The third kappa shape index (κ3) is 5.23. The molecule has 0 aliphatic rings. The molecular weight excluding hydrogens is 376 g/mol. The summed E-state index contributed by atoms with van der Waals surface area (Å²) < 4.78 is 10.8. The predicted octanol–water partition coefficient (Wildman–Crippen LogP) is 6.38. The Kier molecular flexibility index (Phi) is 6.96. The van der Waals surface area contributed by atoms with Crippen molar-refractivity contribution in [2.75, 3.05) is 0 Å². The highest BCUT2D eigenvalue weighted by molar-refractivity contribution is 5.91. The molecule has 2 aromatic carbocycles. The topological polar surface area (TPSA) is 52.6 Å². The van der Waals surface area contributed by atoms with Gasteiger partial charge in [0.05, 0.1) is 0 Å².